The van der Waals surface area contributed by atoms with E-state index in [0.29, 0.717) is 58.1 Å². The van der Waals surface area contributed by atoms with Crippen LogP contribution in [0.4, 0.5) is 0 Å². The molecule has 14 nitrogen and oxygen atoms in total. The molecule has 4 atom stereocenters. The van der Waals surface area contributed by atoms with E-state index >= 15 is 0 Å². The van der Waals surface area contributed by atoms with Crippen LogP contribution in [0.25, 0.3) is 0 Å². The van der Waals surface area contributed by atoms with Gasteiger partial charge in [-0.2, -0.15) is 0 Å². The molecule has 0 bridgehead atoms. The molecule has 2 rings (SSSR count). The number of ether oxygens (including phenoxy) is 10. The van der Waals surface area contributed by atoms with Crippen LogP contribution < -0.4 is 9.47 Å². The molecule has 0 aliphatic rings. The van der Waals surface area contributed by atoms with Crippen molar-refractivity contribution in [2.45, 2.75) is 261 Å². The SMILES string of the molecule is CCC(C)(C)C(=O)OC(C)(C)C.CCC(C)(C)C(=O)OC(C)(C)C.CCC(C)(C)C(=O)OCCOC.CCOC(C)Oc1ccc(C(C)CC)cc1.CCOC(C)Oc1ccc(C(C)CC)cc1.CCOCCOC(=O)C(C)(C)CC. The van der Waals surface area contributed by atoms with Crippen LogP contribution in [-0.2, 0) is 57.1 Å². The zero-order valence-corrected chi connectivity index (χ0v) is 56.8. The summed E-state index contributed by atoms with van der Waals surface area (Å²) < 4.78 is 52.2. The van der Waals surface area contributed by atoms with Gasteiger partial charge >= 0.3 is 23.9 Å². The maximum absolute atomic E-state index is 11.5. The Morgan fingerprint density at radius 2 is 0.679 bits per heavy atom. The Kier molecular flexibility index (Phi) is 44.6. The van der Waals surface area contributed by atoms with E-state index in [0.717, 1.165) is 50.0 Å². The van der Waals surface area contributed by atoms with Gasteiger partial charge in [-0.15, -0.1) is 0 Å². The Morgan fingerprint density at radius 3 is 0.914 bits per heavy atom. The monoisotopic (exact) mass is 1150 g/mol. The molecule has 0 radical (unpaired) electrons. The first-order valence-corrected chi connectivity index (χ1v) is 29.9. The lowest BCUT2D eigenvalue weighted by atomic mass is 9.90. The third kappa shape index (κ3) is 42.3. The minimum Gasteiger partial charge on any atom is -0.465 e. The lowest BCUT2D eigenvalue weighted by Crippen LogP contribution is -2.33. The van der Waals surface area contributed by atoms with Gasteiger partial charge in [0.15, 0.2) is 12.6 Å². The molecule has 14 heteroatoms. The second-order valence-corrected chi connectivity index (χ2v) is 24.5. The summed E-state index contributed by atoms with van der Waals surface area (Å²) in [7, 11) is 1.58. The summed E-state index contributed by atoms with van der Waals surface area (Å²) >= 11 is 0. The molecule has 0 saturated heterocycles. The van der Waals surface area contributed by atoms with Gasteiger partial charge in [-0.05, 0) is 217 Å². The number of hydrogen-bond donors (Lipinski definition) is 0. The average Bonchev–Trinajstić information content (AvgIpc) is 3.39. The van der Waals surface area contributed by atoms with Crippen LogP contribution in [0.15, 0.2) is 48.5 Å². The van der Waals surface area contributed by atoms with Crippen molar-refractivity contribution in [3.05, 3.63) is 59.7 Å². The highest BCUT2D eigenvalue weighted by molar-refractivity contribution is 5.77. The summed E-state index contributed by atoms with van der Waals surface area (Å²) in [5.41, 5.74) is 0.533. The molecule has 0 spiro atoms. The van der Waals surface area contributed by atoms with Gasteiger partial charge in [0.2, 0.25) is 0 Å². The van der Waals surface area contributed by atoms with Gasteiger partial charge in [0.05, 0.1) is 34.9 Å². The Labute approximate surface area is 495 Å². The molecule has 81 heavy (non-hydrogen) atoms. The van der Waals surface area contributed by atoms with Crippen molar-refractivity contribution >= 4 is 23.9 Å². The summed E-state index contributed by atoms with van der Waals surface area (Å²) in [5, 5.41) is 0. The molecule has 0 aromatic heterocycles. The summed E-state index contributed by atoms with van der Waals surface area (Å²) in [4.78, 5) is 45.7. The molecule has 0 aliphatic heterocycles. The summed E-state index contributed by atoms with van der Waals surface area (Å²) in [6, 6.07) is 16.6. The van der Waals surface area contributed by atoms with E-state index in [1.807, 2.05) is 184 Å². The fraction of sp³-hybridized carbons (Fsp3) is 0.761. The van der Waals surface area contributed by atoms with Crippen molar-refractivity contribution in [1.82, 2.24) is 0 Å². The highest BCUT2D eigenvalue weighted by Gasteiger charge is 2.32. The highest BCUT2D eigenvalue weighted by atomic mass is 16.7. The molecule has 0 aliphatic carbocycles. The Morgan fingerprint density at radius 1 is 0.395 bits per heavy atom. The largest absolute Gasteiger partial charge is 0.465 e. The van der Waals surface area contributed by atoms with Crippen LogP contribution in [0.5, 0.6) is 11.5 Å². The summed E-state index contributed by atoms with van der Waals surface area (Å²) in [5.74, 6) is 2.43. The second kappa shape index (κ2) is 43.4. The molecular weight excluding hydrogens is 1030 g/mol. The molecule has 2 aromatic carbocycles. The average molecular weight is 1150 g/mol. The van der Waals surface area contributed by atoms with Gasteiger partial charge in [0, 0.05) is 26.9 Å². The maximum atomic E-state index is 11.5. The maximum Gasteiger partial charge on any atom is 0.312 e. The molecule has 2 aromatic rings. The number of benzene rings is 2. The molecule has 0 N–H and O–H groups in total. The zero-order chi connectivity index (χ0) is 63.8. The molecule has 474 valence electrons. The van der Waals surface area contributed by atoms with Gasteiger partial charge < -0.3 is 47.4 Å². The van der Waals surface area contributed by atoms with Gasteiger partial charge in [0.25, 0.3) is 0 Å². The van der Waals surface area contributed by atoms with Crippen molar-refractivity contribution < 1.29 is 66.5 Å². The number of methoxy groups -OCH3 is 1. The summed E-state index contributed by atoms with van der Waals surface area (Å²) in [6.07, 6.45) is 5.16. The minimum atomic E-state index is -0.372. The van der Waals surface area contributed by atoms with E-state index in [2.05, 4.69) is 52.0 Å². The van der Waals surface area contributed by atoms with E-state index in [1.54, 1.807) is 7.11 Å². The van der Waals surface area contributed by atoms with Gasteiger partial charge in [0.1, 0.15) is 35.9 Å². The van der Waals surface area contributed by atoms with Crippen LogP contribution in [0, 0.1) is 21.7 Å². The lowest BCUT2D eigenvalue weighted by Gasteiger charge is -2.27. The van der Waals surface area contributed by atoms with E-state index in [-0.39, 0.29) is 69.3 Å². The van der Waals surface area contributed by atoms with Crippen molar-refractivity contribution in [3.63, 3.8) is 0 Å². The smallest absolute Gasteiger partial charge is 0.312 e. The van der Waals surface area contributed by atoms with Crippen LogP contribution >= 0.6 is 0 Å². The third-order valence-corrected chi connectivity index (χ3v) is 13.3. The minimum absolute atomic E-state index is 0.113. The van der Waals surface area contributed by atoms with Gasteiger partial charge in [-0.3, -0.25) is 19.2 Å². The van der Waals surface area contributed by atoms with Crippen molar-refractivity contribution in [1.29, 1.82) is 0 Å². The fourth-order valence-electron chi connectivity index (χ4n) is 5.50. The number of esters is 4. The lowest BCUT2D eigenvalue weighted by molar-refractivity contribution is -0.166. The predicted octanol–water partition coefficient (Wildman–Crippen LogP) is 17.1. The predicted molar refractivity (Wildman–Crippen MR) is 332 cm³/mol. The molecule has 0 amide bonds. The first-order chi connectivity index (χ1) is 37.3. The Bertz CT molecular complexity index is 1800. The van der Waals surface area contributed by atoms with E-state index < -0.39 is 0 Å². The number of rotatable bonds is 27. The number of carbonyl (C=O) groups excluding carboxylic acids is 4. The third-order valence-electron chi connectivity index (χ3n) is 13.3. The molecule has 0 saturated carbocycles. The molecule has 0 heterocycles. The Hall–Kier alpha value is -4.24. The topological polar surface area (TPSA) is 161 Å². The second-order valence-electron chi connectivity index (χ2n) is 24.5. The van der Waals surface area contributed by atoms with Gasteiger partial charge in [-0.1, -0.05) is 79.7 Å². The highest BCUT2D eigenvalue weighted by Crippen LogP contribution is 2.27. The van der Waals surface area contributed by atoms with Crippen LogP contribution in [0.1, 0.15) is 248 Å². The van der Waals surface area contributed by atoms with Crippen LogP contribution in [-0.4, -0.2) is 101 Å². The first kappa shape index (κ1) is 83.2. The van der Waals surface area contributed by atoms with Crippen molar-refractivity contribution in [2.75, 3.05) is 53.4 Å². The van der Waals surface area contributed by atoms with E-state index in [4.69, 9.17) is 47.4 Å². The Balaban J connectivity index is -0.000000442. The zero-order valence-electron chi connectivity index (χ0n) is 56.8. The molecule has 0 fully saturated rings. The van der Waals surface area contributed by atoms with Crippen LogP contribution in [0.2, 0.25) is 0 Å². The van der Waals surface area contributed by atoms with Crippen LogP contribution in [0.3, 0.4) is 0 Å². The van der Waals surface area contributed by atoms with Crippen molar-refractivity contribution in [3.8, 4) is 11.5 Å². The quantitative estimate of drug-likeness (QED) is 0.0360. The standard InChI is InChI=1S/2C14H22O2.C10H20O3.2C10H20O2.C9H18O3/c2*1-5-11(3)13-7-9-14(10-8-13)16-12(4)15-6-2;1-5-10(3,4)9(11)13-8-7-12-6-2;2*1-7-10(5,6)8(11)12-9(2,3)4;1-5-9(2,3)8(10)12-7-6-11-4/h2*7-12H,5-6H2,1-4H3;5-8H2,1-4H3;2*7H2,1-6H3;5-7H2,1-4H3. The first-order valence-electron chi connectivity index (χ1n) is 29.9. The number of carbonyl (C=O) groups is 4. The summed E-state index contributed by atoms with van der Waals surface area (Å²) in [6.45, 7) is 56.6. The van der Waals surface area contributed by atoms with E-state index in [9.17, 15) is 19.2 Å². The molecular formula is C67H122O14. The van der Waals surface area contributed by atoms with Crippen molar-refractivity contribution in [2.24, 2.45) is 21.7 Å². The van der Waals surface area contributed by atoms with Gasteiger partial charge in [-0.25, -0.2) is 0 Å². The van der Waals surface area contributed by atoms with E-state index in [1.165, 1.54) is 11.1 Å². The number of hydrogen-bond acceptors (Lipinski definition) is 14. The fourth-order valence-corrected chi connectivity index (χ4v) is 5.50. The normalized spacial score (nSPS) is 13.0. The molecule has 4 unspecified atom stereocenters.